The smallest absolute Gasteiger partial charge is 0.225 e. The molecule has 4 rings (SSSR count). The van der Waals surface area contributed by atoms with Gasteiger partial charge in [0.2, 0.25) is 5.91 Å². The number of methoxy groups -OCH3 is 1. The fourth-order valence-electron chi connectivity index (χ4n) is 4.05. The largest absolute Gasteiger partial charge is 0.497 e. The molecule has 0 saturated carbocycles. The molecule has 1 aromatic heterocycles. The number of piperidine rings is 1. The third-order valence-electron chi connectivity index (χ3n) is 6.02. The van der Waals surface area contributed by atoms with Crippen molar-refractivity contribution >= 4 is 11.7 Å². The van der Waals surface area contributed by atoms with Gasteiger partial charge in [-0.15, -0.1) is 10.2 Å². The molecule has 2 fully saturated rings. The third-order valence-corrected chi connectivity index (χ3v) is 6.02. The van der Waals surface area contributed by atoms with Crippen molar-refractivity contribution < 1.29 is 9.53 Å². The van der Waals surface area contributed by atoms with E-state index in [-0.39, 0.29) is 5.92 Å². The first kappa shape index (κ1) is 19.6. The van der Waals surface area contributed by atoms with E-state index < -0.39 is 0 Å². The first-order valence-corrected chi connectivity index (χ1v) is 10.3. The predicted molar refractivity (Wildman–Crippen MR) is 113 cm³/mol. The van der Waals surface area contributed by atoms with Crippen LogP contribution in [0, 0.1) is 5.92 Å². The molecule has 2 saturated heterocycles. The van der Waals surface area contributed by atoms with Gasteiger partial charge in [0.05, 0.1) is 12.8 Å². The monoisotopic (exact) mass is 395 g/mol. The second-order valence-electron chi connectivity index (χ2n) is 7.90. The number of rotatable bonds is 4. The summed E-state index contributed by atoms with van der Waals surface area (Å²) in [7, 11) is 3.77. The average molecular weight is 396 g/mol. The summed E-state index contributed by atoms with van der Waals surface area (Å²) in [4.78, 5) is 19.4. The van der Waals surface area contributed by atoms with Gasteiger partial charge in [-0.2, -0.15) is 0 Å². The molecule has 0 N–H and O–H groups in total. The van der Waals surface area contributed by atoms with Gasteiger partial charge in [-0.3, -0.25) is 4.79 Å². The maximum Gasteiger partial charge on any atom is 0.225 e. The molecule has 154 valence electrons. The molecule has 0 atom stereocenters. The highest BCUT2D eigenvalue weighted by molar-refractivity contribution is 5.79. The standard InChI is InChI=1S/C22H29N5O2/c1-25-13-15-27(16-14-25)22(28)18-9-11-26(12-10-18)21-8-7-20(23-24-21)17-3-5-19(29-2)6-4-17/h3-8,18H,9-16H2,1-2H3. The van der Waals surface area contributed by atoms with Crippen LogP contribution in [0.2, 0.25) is 0 Å². The van der Waals surface area contributed by atoms with Crippen molar-refractivity contribution in [1.29, 1.82) is 0 Å². The summed E-state index contributed by atoms with van der Waals surface area (Å²) in [6, 6.07) is 11.8. The van der Waals surface area contributed by atoms with Gasteiger partial charge in [0.15, 0.2) is 5.82 Å². The van der Waals surface area contributed by atoms with Crippen LogP contribution >= 0.6 is 0 Å². The van der Waals surface area contributed by atoms with Crippen molar-refractivity contribution in [3.8, 4) is 17.0 Å². The number of hydrogen-bond acceptors (Lipinski definition) is 6. The summed E-state index contributed by atoms with van der Waals surface area (Å²) in [5.41, 5.74) is 1.86. The molecule has 0 radical (unpaired) electrons. The Morgan fingerprint density at radius 2 is 1.62 bits per heavy atom. The lowest BCUT2D eigenvalue weighted by Crippen LogP contribution is -2.50. The predicted octanol–water partition coefficient (Wildman–Crippen LogP) is 2.14. The lowest BCUT2D eigenvalue weighted by molar-refractivity contribution is -0.137. The number of aromatic nitrogens is 2. The highest BCUT2D eigenvalue weighted by atomic mass is 16.5. The van der Waals surface area contributed by atoms with Crippen LogP contribution < -0.4 is 9.64 Å². The van der Waals surface area contributed by atoms with E-state index in [1.165, 1.54) is 0 Å². The van der Waals surface area contributed by atoms with Gasteiger partial charge in [-0.1, -0.05) is 0 Å². The van der Waals surface area contributed by atoms with Crippen LogP contribution in [0.4, 0.5) is 5.82 Å². The highest BCUT2D eigenvalue weighted by Crippen LogP contribution is 2.25. The Hall–Kier alpha value is -2.67. The number of piperazine rings is 1. The maximum atomic E-state index is 12.8. The topological polar surface area (TPSA) is 61.8 Å². The first-order chi connectivity index (χ1) is 14.1. The van der Waals surface area contributed by atoms with Crippen molar-refractivity contribution in [1.82, 2.24) is 20.0 Å². The van der Waals surface area contributed by atoms with E-state index in [0.29, 0.717) is 5.91 Å². The Labute approximate surface area is 172 Å². The van der Waals surface area contributed by atoms with Gasteiger partial charge in [-0.25, -0.2) is 0 Å². The summed E-state index contributed by atoms with van der Waals surface area (Å²) in [5.74, 6) is 2.18. The van der Waals surface area contributed by atoms with Gasteiger partial charge in [0, 0.05) is 50.7 Å². The van der Waals surface area contributed by atoms with Crippen LogP contribution in [-0.4, -0.2) is 79.3 Å². The molecule has 3 heterocycles. The van der Waals surface area contributed by atoms with E-state index >= 15 is 0 Å². The maximum absolute atomic E-state index is 12.8. The van der Waals surface area contributed by atoms with E-state index in [0.717, 1.165) is 74.9 Å². The van der Waals surface area contributed by atoms with Crippen LogP contribution in [-0.2, 0) is 4.79 Å². The molecule has 2 aliphatic rings. The lowest BCUT2D eigenvalue weighted by atomic mass is 9.95. The summed E-state index contributed by atoms with van der Waals surface area (Å²) >= 11 is 0. The number of carbonyl (C=O) groups is 1. The summed E-state index contributed by atoms with van der Waals surface area (Å²) in [6.07, 6.45) is 1.76. The van der Waals surface area contributed by atoms with E-state index in [4.69, 9.17) is 4.74 Å². The second-order valence-corrected chi connectivity index (χ2v) is 7.90. The number of anilines is 1. The molecule has 1 aromatic carbocycles. The molecular formula is C22H29N5O2. The van der Waals surface area contributed by atoms with Crippen molar-refractivity contribution in [2.75, 3.05) is 58.3 Å². The lowest BCUT2D eigenvalue weighted by Gasteiger charge is -2.37. The van der Waals surface area contributed by atoms with Crippen molar-refractivity contribution in [2.24, 2.45) is 5.92 Å². The Kier molecular flexibility index (Phi) is 5.94. The van der Waals surface area contributed by atoms with E-state index in [1.54, 1.807) is 7.11 Å². The molecule has 7 heteroatoms. The molecular weight excluding hydrogens is 366 g/mol. The Bertz CT molecular complexity index is 808. The van der Waals surface area contributed by atoms with Crippen LogP contribution in [0.3, 0.4) is 0 Å². The number of nitrogens with zero attached hydrogens (tertiary/aromatic N) is 5. The Balaban J connectivity index is 1.33. The molecule has 1 amide bonds. The summed E-state index contributed by atoms with van der Waals surface area (Å²) in [5, 5.41) is 8.84. The highest BCUT2D eigenvalue weighted by Gasteiger charge is 2.30. The number of carbonyl (C=O) groups excluding carboxylic acids is 1. The zero-order valence-corrected chi connectivity index (χ0v) is 17.3. The van der Waals surface area contributed by atoms with E-state index in [2.05, 4.69) is 27.0 Å². The third kappa shape index (κ3) is 4.50. The molecule has 0 aliphatic carbocycles. The van der Waals surface area contributed by atoms with Crippen LogP contribution in [0.25, 0.3) is 11.3 Å². The van der Waals surface area contributed by atoms with Crippen LogP contribution in [0.5, 0.6) is 5.75 Å². The number of likely N-dealkylation sites (N-methyl/N-ethyl adjacent to an activating group) is 1. The van der Waals surface area contributed by atoms with Gasteiger partial charge < -0.3 is 19.4 Å². The van der Waals surface area contributed by atoms with Crippen molar-refractivity contribution in [3.63, 3.8) is 0 Å². The quantitative estimate of drug-likeness (QED) is 0.791. The van der Waals surface area contributed by atoms with Crippen molar-refractivity contribution in [3.05, 3.63) is 36.4 Å². The fraction of sp³-hybridized carbons (Fsp3) is 0.500. The fourth-order valence-corrected chi connectivity index (χ4v) is 4.05. The van der Waals surface area contributed by atoms with Gasteiger partial charge in [0.1, 0.15) is 5.75 Å². The zero-order chi connectivity index (χ0) is 20.2. The SMILES string of the molecule is COc1ccc(-c2ccc(N3CCC(C(=O)N4CCN(C)CC4)CC3)nn2)cc1. The minimum atomic E-state index is 0.140. The van der Waals surface area contributed by atoms with Gasteiger partial charge >= 0.3 is 0 Å². The minimum absolute atomic E-state index is 0.140. The number of hydrogen-bond donors (Lipinski definition) is 0. The minimum Gasteiger partial charge on any atom is -0.497 e. The number of benzene rings is 1. The molecule has 0 unspecified atom stereocenters. The normalized spacial score (nSPS) is 18.7. The molecule has 2 aliphatic heterocycles. The van der Waals surface area contributed by atoms with E-state index in [9.17, 15) is 4.79 Å². The summed E-state index contributed by atoms with van der Waals surface area (Å²) in [6.45, 7) is 5.35. The molecule has 29 heavy (non-hydrogen) atoms. The molecule has 7 nitrogen and oxygen atoms in total. The van der Waals surface area contributed by atoms with Crippen LogP contribution in [0.15, 0.2) is 36.4 Å². The molecule has 0 bridgehead atoms. The van der Waals surface area contributed by atoms with E-state index in [1.807, 2.05) is 41.3 Å². The zero-order valence-electron chi connectivity index (χ0n) is 17.3. The van der Waals surface area contributed by atoms with Crippen molar-refractivity contribution in [2.45, 2.75) is 12.8 Å². The van der Waals surface area contributed by atoms with Gasteiger partial charge in [-0.05, 0) is 56.3 Å². The summed E-state index contributed by atoms with van der Waals surface area (Å²) < 4.78 is 5.20. The number of amides is 1. The average Bonchev–Trinajstić information content (AvgIpc) is 2.79. The molecule has 0 spiro atoms. The van der Waals surface area contributed by atoms with Gasteiger partial charge in [0.25, 0.3) is 0 Å². The Morgan fingerprint density at radius 3 is 2.21 bits per heavy atom. The molecule has 2 aromatic rings. The first-order valence-electron chi connectivity index (χ1n) is 10.3. The Morgan fingerprint density at radius 1 is 0.931 bits per heavy atom. The number of ether oxygens (including phenoxy) is 1. The second kappa shape index (κ2) is 8.78. The van der Waals surface area contributed by atoms with Crippen LogP contribution in [0.1, 0.15) is 12.8 Å².